The van der Waals surface area contributed by atoms with E-state index in [4.69, 9.17) is 5.73 Å². The normalized spacial score (nSPS) is 10.7. The number of nitrogens with two attached hydrogens (primary N) is 1. The summed E-state index contributed by atoms with van der Waals surface area (Å²) < 4.78 is 1.81. The zero-order valence-electron chi connectivity index (χ0n) is 11.8. The van der Waals surface area contributed by atoms with Gasteiger partial charge in [-0.3, -0.25) is 9.67 Å². The lowest BCUT2D eigenvalue weighted by Crippen LogP contribution is -2.07. The van der Waals surface area contributed by atoms with E-state index in [0.29, 0.717) is 6.54 Å². The highest BCUT2D eigenvalue weighted by molar-refractivity contribution is 5.65. The number of aromatic nitrogens is 3. The molecular formula is C14H21N5. The van der Waals surface area contributed by atoms with Gasteiger partial charge in [0.05, 0.1) is 11.4 Å². The summed E-state index contributed by atoms with van der Waals surface area (Å²) in [4.78, 5) is 4.14. The molecule has 0 aliphatic rings. The smallest absolute Gasteiger partial charge is 0.148 e. The molecule has 2 rings (SSSR count). The van der Waals surface area contributed by atoms with Crippen LogP contribution < -0.4 is 11.1 Å². The molecule has 0 aliphatic carbocycles. The molecule has 5 heteroatoms. The molecule has 0 amide bonds. The fourth-order valence-electron chi connectivity index (χ4n) is 2.09. The average molecular weight is 259 g/mol. The Bertz CT molecular complexity index is 559. The van der Waals surface area contributed by atoms with Crippen LogP contribution in [0.4, 0.5) is 11.5 Å². The quantitative estimate of drug-likeness (QED) is 0.864. The lowest BCUT2D eigenvalue weighted by Gasteiger charge is -2.09. The third kappa shape index (κ3) is 2.86. The summed E-state index contributed by atoms with van der Waals surface area (Å²) in [5, 5.41) is 7.80. The van der Waals surface area contributed by atoms with Crippen molar-refractivity contribution < 1.29 is 0 Å². The number of pyridine rings is 1. The highest BCUT2D eigenvalue weighted by Gasteiger charge is 2.12. The minimum atomic E-state index is 0.703. The number of nitrogens with one attached hydrogen (secondary N) is 1. The van der Waals surface area contributed by atoms with Crippen LogP contribution in [-0.2, 0) is 20.0 Å². The number of nitrogens with zero attached hydrogens (tertiary/aromatic N) is 3. The molecule has 0 aromatic carbocycles. The molecule has 5 nitrogen and oxygen atoms in total. The van der Waals surface area contributed by atoms with Crippen LogP contribution in [-0.4, -0.2) is 14.8 Å². The SMILES string of the molecule is CCCc1nn(C)c(NCc2cnccc2C)c1N. The van der Waals surface area contributed by atoms with Crippen molar-refractivity contribution >= 4 is 11.5 Å². The summed E-state index contributed by atoms with van der Waals surface area (Å²) in [6.07, 6.45) is 5.63. The second-order valence-corrected chi connectivity index (χ2v) is 4.74. The molecule has 0 radical (unpaired) electrons. The van der Waals surface area contributed by atoms with Crippen LogP contribution in [0.25, 0.3) is 0 Å². The van der Waals surface area contributed by atoms with Crippen LogP contribution in [0.5, 0.6) is 0 Å². The van der Waals surface area contributed by atoms with Crippen molar-refractivity contribution in [3.05, 3.63) is 35.3 Å². The molecule has 0 atom stereocenters. The van der Waals surface area contributed by atoms with E-state index in [0.717, 1.165) is 30.0 Å². The van der Waals surface area contributed by atoms with Gasteiger partial charge in [-0.15, -0.1) is 0 Å². The first kappa shape index (κ1) is 13.4. The average Bonchev–Trinajstić information content (AvgIpc) is 2.65. The minimum Gasteiger partial charge on any atom is -0.394 e. The van der Waals surface area contributed by atoms with Crippen molar-refractivity contribution in [3.63, 3.8) is 0 Å². The van der Waals surface area contributed by atoms with E-state index in [1.165, 1.54) is 11.1 Å². The second kappa shape index (κ2) is 5.73. The number of hydrogen-bond acceptors (Lipinski definition) is 4. The fourth-order valence-corrected chi connectivity index (χ4v) is 2.09. The Morgan fingerprint density at radius 1 is 1.42 bits per heavy atom. The van der Waals surface area contributed by atoms with Crippen molar-refractivity contribution in [3.8, 4) is 0 Å². The zero-order chi connectivity index (χ0) is 13.8. The van der Waals surface area contributed by atoms with Gasteiger partial charge >= 0.3 is 0 Å². The Kier molecular flexibility index (Phi) is 4.04. The summed E-state index contributed by atoms with van der Waals surface area (Å²) in [5.41, 5.74) is 10.2. The maximum Gasteiger partial charge on any atom is 0.148 e. The first-order valence-electron chi connectivity index (χ1n) is 6.58. The number of rotatable bonds is 5. The van der Waals surface area contributed by atoms with Crippen molar-refractivity contribution in [2.24, 2.45) is 7.05 Å². The van der Waals surface area contributed by atoms with E-state index in [9.17, 15) is 0 Å². The van der Waals surface area contributed by atoms with E-state index in [2.05, 4.69) is 29.2 Å². The van der Waals surface area contributed by atoms with Gasteiger partial charge in [0.25, 0.3) is 0 Å². The van der Waals surface area contributed by atoms with E-state index < -0.39 is 0 Å². The van der Waals surface area contributed by atoms with Gasteiger partial charge in [0.2, 0.25) is 0 Å². The first-order chi connectivity index (χ1) is 9.13. The summed E-state index contributed by atoms with van der Waals surface area (Å²) in [5.74, 6) is 0.881. The van der Waals surface area contributed by atoms with Gasteiger partial charge in [0.15, 0.2) is 0 Å². The van der Waals surface area contributed by atoms with Crippen LogP contribution in [0.2, 0.25) is 0 Å². The summed E-state index contributed by atoms with van der Waals surface area (Å²) in [6.45, 7) is 4.91. The Morgan fingerprint density at radius 3 is 2.89 bits per heavy atom. The van der Waals surface area contributed by atoms with E-state index in [1.54, 1.807) is 6.20 Å². The summed E-state index contributed by atoms with van der Waals surface area (Å²) in [7, 11) is 1.91. The molecule has 0 saturated carbocycles. The largest absolute Gasteiger partial charge is 0.394 e. The van der Waals surface area contributed by atoms with Crippen LogP contribution in [0, 0.1) is 6.92 Å². The highest BCUT2D eigenvalue weighted by atomic mass is 15.3. The van der Waals surface area contributed by atoms with Crippen LogP contribution in [0.15, 0.2) is 18.5 Å². The van der Waals surface area contributed by atoms with Crippen molar-refractivity contribution in [1.82, 2.24) is 14.8 Å². The van der Waals surface area contributed by atoms with Gasteiger partial charge in [-0.1, -0.05) is 13.3 Å². The third-order valence-electron chi connectivity index (χ3n) is 3.24. The van der Waals surface area contributed by atoms with Gasteiger partial charge in [0.1, 0.15) is 5.82 Å². The van der Waals surface area contributed by atoms with Gasteiger partial charge in [-0.25, -0.2) is 0 Å². The van der Waals surface area contributed by atoms with Crippen molar-refractivity contribution in [1.29, 1.82) is 0 Å². The molecule has 0 bridgehead atoms. The van der Waals surface area contributed by atoms with Gasteiger partial charge in [0, 0.05) is 26.0 Å². The molecule has 0 fully saturated rings. The molecule has 3 N–H and O–H groups in total. The topological polar surface area (TPSA) is 68.8 Å². The molecular weight excluding hydrogens is 238 g/mol. The second-order valence-electron chi connectivity index (χ2n) is 4.74. The molecule has 0 aliphatic heterocycles. The number of anilines is 2. The lowest BCUT2D eigenvalue weighted by atomic mass is 10.1. The molecule has 0 unspecified atom stereocenters. The predicted molar refractivity (Wildman–Crippen MR) is 77.9 cm³/mol. The zero-order valence-corrected chi connectivity index (χ0v) is 11.8. The molecule has 0 saturated heterocycles. The van der Waals surface area contributed by atoms with Crippen LogP contribution >= 0.6 is 0 Å². The fraction of sp³-hybridized carbons (Fsp3) is 0.429. The molecule has 0 spiro atoms. The number of hydrogen-bond donors (Lipinski definition) is 2. The Morgan fingerprint density at radius 2 is 2.21 bits per heavy atom. The van der Waals surface area contributed by atoms with E-state index in [-0.39, 0.29) is 0 Å². The maximum absolute atomic E-state index is 6.13. The maximum atomic E-state index is 6.13. The Hall–Kier alpha value is -2.04. The van der Waals surface area contributed by atoms with Gasteiger partial charge in [-0.2, -0.15) is 5.10 Å². The predicted octanol–water partition coefficient (Wildman–Crippen LogP) is 2.27. The lowest BCUT2D eigenvalue weighted by molar-refractivity contribution is 0.735. The Labute approximate surface area is 113 Å². The monoisotopic (exact) mass is 259 g/mol. The van der Waals surface area contributed by atoms with E-state index in [1.807, 2.05) is 24.0 Å². The Balaban J connectivity index is 2.14. The van der Waals surface area contributed by atoms with E-state index >= 15 is 0 Å². The molecule has 102 valence electrons. The van der Waals surface area contributed by atoms with Gasteiger partial charge < -0.3 is 11.1 Å². The van der Waals surface area contributed by atoms with Crippen LogP contribution in [0.1, 0.15) is 30.2 Å². The molecule has 19 heavy (non-hydrogen) atoms. The van der Waals surface area contributed by atoms with Gasteiger partial charge in [-0.05, 0) is 30.5 Å². The highest BCUT2D eigenvalue weighted by Crippen LogP contribution is 2.23. The van der Waals surface area contributed by atoms with Crippen molar-refractivity contribution in [2.75, 3.05) is 11.1 Å². The molecule has 2 heterocycles. The molecule has 2 aromatic rings. The summed E-state index contributed by atoms with van der Waals surface area (Å²) in [6, 6.07) is 2.01. The van der Waals surface area contributed by atoms with Crippen molar-refractivity contribution in [2.45, 2.75) is 33.2 Å². The minimum absolute atomic E-state index is 0.703. The van der Waals surface area contributed by atoms with Crippen LogP contribution in [0.3, 0.4) is 0 Å². The molecule has 2 aromatic heterocycles. The standard InChI is InChI=1S/C14H21N5/c1-4-5-12-13(15)14(19(3)18-12)17-9-11-8-16-7-6-10(11)2/h6-8,17H,4-5,9,15H2,1-3H3. The first-order valence-corrected chi connectivity index (χ1v) is 6.58. The summed E-state index contributed by atoms with van der Waals surface area (Å²) >= 11 is 0. The number of aryl methyl sites for hydroxylation is 3. The third-order valence-corrected chi connectivity index (χ3v) is 3.24. The number of nitrogen functional groups attached to an aromatic ring is 1.